The normalized spacial score (nSPS) is 21.7. The van der Waals surface area contributed by atoms with Crippen LogP contribution < -0.4 is 25.0 Å². The molecule has 4 aliphatic rings. The van der Waals surface area contributed by atoms with Crippen molar-refractivity contribution in [1.82, 2.24) is 30.0 Å². The predicted octanol–water partition coefficient (Wildman–Crippen LogP) is 5.79. The van der Waals surface area contributed by atoms with Crippen molar-refractivity contribution in [3.63, 3.8) is 0 Å². The zero-order chi connectivity index (χ0) is 42.2. The number of rotatable bonds is 12. The molecule has 3 atom stereocenters. The van der Waals surface area contributed by atoms with Gasteiger partial charge in [-0.3, -0.25) is 34.3 Å². The quantitative estimate of drug-likeness (QED) is 0.131. The monoisotopic (exact) mass is 844 g/mol. The minimum atomic E-state index is -1.11. The van der Waals surface area contributed by atoms with Crippen LogP contribution >= 0.6 is 11.6 Å². The van der Waals surface area contributed by atoms with Gasteiger partial charge in [0.2, 0.25) is 11.8 Å². The smallest absolute Gasteiger partial charge is 0.262 e. The Kier molecular flexibility index (Phi) is 11.9. The van der Waals surface area contributed by atoms with Crippen molar-refractivity contribution in [2.75, 3.05) is 63.2 Å². The molecule has 3 unspecified atom stereocenters. The third-order valence-electron chi connectivity index (χ3n) is 12.1. The molecule has 0 bridgehead atoms. The first kappa shape index (κ1) is 41.3. The third kappa shape index (κ3) is 8.32. The topological polar surface area (TPSA) is 150 Å². The fourth-order valence-electron chi connectivity index (χ4n) is 8.94. The van der Waals surface area contributed by atoms with Crippen molar-refractivity contribution >= 4 is 63.3 Å². The molecular weight excluding hydrogens is 798 g/mol. The molecule has 0 saturated carbocycles. The van der Waals surface area contributed by atoms with Crippen LogP contribution in [-0.2, 0) is 9.59 Å². The van der Waals surface area contributed by atoms with Gasteiger partial charge in [-0.25, -0.2) is 18.7 Å². The fourth-order valence-corrected chi connectivity index (χ4v) is 9.12. The van der Waals surface area contributed by atoms with Crippen LogP contribution in [0.5, 0.6) is 11.5 Å². The summed E-state index contributed by atoms with van der Waals surface area (Å²) in [5.74, 6) is -1.45. The van der Waals surface area contributed by atoms with Crippen LogP contribution in [0.1, 0.15) is 66.7 Å². The minimum Gasteiger partial charge on any atom is -0.493 e. The average molecular weight is 845 g/mol. The highest BCUT2D eigenvalue weighted by molar-refractivity contribution is 6.31. The van der Waals surface area contributed by atoms with Gasteiger partial charge in [0.1, 0.15) is 29.8 Å². The van der Waals surface area contributed by atoms with E-state index in [0.29, 0.717) is 59.5 Å². The Morgan fingerprint density at radius 3 is 2.33 bits per heavy atom. The molecule has 316 valence electrons. The Morgan fingerprint density at radius 2 is 1.63 bits per heavy atom. The Labute approximate surface area is 351 Å². The highest BCUT2D eigenvalue weighted by atomic mass is 35.5. The van der Waals surface area contributed by atoms with Gasteiger partial charge in [-0.1, -0.05) is 11.6 Å². The molecule has 1 aromatic heterocycles. The second kappa shape index (κ2) is 17.3. The van der Waals surface area contributed by atoms with Crippen molar-refractivity contribution in [3.8, 4) is 11.5 Å². The number of fused-ring (bicyclic) bond motifs is 2. The van der Waals surface area contributed by atoms with E-state index in [9.17, 15) is 23.6 Å². The van der Waals surface area contributed by atoms with Crippen molar-refractivity contribution in [3.05, 3.63) is 76.6 Å². The van der Waals surface area contributed by atoms with Crippen LogP contribution in [0.15, 0.2) is 48.8 Å². The van der Waals surface area contributed by atoms with Gasteiger partial charge in [0.25, 0.3) is 11.8 Å². The molecule has 2 N–H and O–H groups in total. The van der Waals surface area contributed by atoms with Crippen LogP contribution in [0.2, 0.25) is 5.02 Å². The van der Waals surface area contributed by atoms with Gasteiger partial charge in [0.15, 0.2) is 11.5 Å². The summed E-state index contributed by atoms with van der Waals surface area (Å²) in [4.78, 5) is 67.3. The van der Waals surface area contributed by atoms with E-state index in [1.807, 2.05) is 11.0 Å². The number of amides is 4. The number of halogens is 3. The number of methoxy groups -OCH3 is 1. The number of piperazine rings is 1. The summed E-state index contributed by atoms with van der Waals surface area (Å²) >= 11 is 5.99. The molecule has 4 aliphatic heterocycles. The number of anilines is 3. The van der Waals surface area contributed by atoms with Crippen LogP contribution in [0, 0.1) is 17.6 Å². The summed E-state index contributed by atoms with van der Waals surface area (Å²) in [6.07, 6.45) is 4.44. The summed E-state index contributed by atoms with van der Waals surface area (Å²) in [5.41, 5.74) is 1.51. The van der Waals surface area contributed by atoms with E-state index in [4.69, 9.17) is 21.1 Å². The van der Waals surface area contributed by atoms with Gasteiger partial charge in [-0.05, 0) is 94.9 Å². The highest BCUT2D eigenvalue weighted by Gasteiger charge is 2.45. The van der Waals surface area contributed by atoms with Crippen LogP contribution in [0.25, 0.3) is 10.9 Å². The number of likely N-dealkylation sites (tertiary alicyclic amines) is 1. The summed E-state index contributed by atoms with van der Waals surface area (Å²) < 4.78 is 41.3. The van der Waals surface area contributed by atoms with Crippen LogP contribution in [0.3, 0.4) is 0 Å². The van der Waals surface area contributed by atoms with Crippen molar-refractivity contribution < 1.29 is 37.4 Å². The molecule has 8 rings (SSSR count). The lowest BCUT2D eigenvalue weighted by atomic mass is 9.94. The van der Waals surface area contributed by atoms with Gasteiger partial charge in [0, 0.05) is 61.8 Å². The number of nitrogens with one attached hydrogen (secondary N) is 2. The molecule has 60 heavy (non-hydrogen) atoms. The van der Waals surface area contributed by atoms with Gasteiger partial charge in [-0.2, -0.15) is 0 Å². The summed E-state index contributed by atoms with van der Waals surface area (Å²) in [5, 5.41) is 6.10. The molecule has 0 spiro atoms. The molecule has 0 radical (unpaired) electrons. The lowest BCUT2D eigenvalue weighted by molar-refractivity contribution is -0.136. The van der Waals surface area contributed by atoms with E-state index in [0.717, 1.165) is 56.4 Å². The number of carbonyl (C=O) groups is 4. The molecular formula is C43H47ClF2N8O6. The van der Waals surface area contributed by atoms with Crippen LogP contribution in [-0.4, -0.2) is 119 Å². The standard InChI is InChI=1S/C43H47ClF2N8O6/c1-24-20-52(36-17-29-28(16-33(36)46)42(57)54(43(29)58)35-7-8-39(55)50-41(35)56)21-25(2)53(24)22-26-9-12-51(13-10-26)11-4-14-60-38-18-30-34(19-37(38)59-3)47-23-48-40(30)49-27-5-6-32(45)31(44)15-27/h5-6,15-19,23-26,35H,4,7-14,20-22H2,1-3H3,(H,47,48,49)(H,50,55,56). The first-order valence-electron chi connectivity index (χ1n) is 20.3. The van der Waals surface area contributed by atoms with E-state index in [-0.39, 0.29) is 46.8 Å². The Morgan fingerprint density at radius 1 is 0.900 bits per heavy atom. The number of piperidine rings is 2. The van der Waals surface area contributed by atoms with Gasteiger partial charge < -0.3 is 24.6 Å². The summed E-state index contributed by atoms with van der Waals surface area (Å²) in [7, 11) is 1.59. The SMILES string of the molecule is COc1cc2ncnc(Nc3ccc(F)c(Cl)c3)c2cc1OCCCN1CCC(CN2C(C)CN(c3cc4c(cc3F)C(=O)N(C3CCC(=O)NC3=O)C4=O)CC2C)CC1. The second-order valence-corrected chi connectivity index (χ2v) is 16.5. The molecule has 3 saturated heterocycles. The van der Waals surface area contributed by atoms with E-state index < -0.39 is 41.3 Å². The van der Waals surface area contributed by atoms with Gasteiger partial charge in [0.05, 0.1) is 41.1 Å². The minimum absolute atomic E-state index is 0.00476. The maximum atomic E-state index is 15.7. The largest absolute Gasteiger partial charge is 0.493 e. The number of hydrogen-bond donors (Lipinski definition) is 2. The number of benzene rings is 3. The second-order valence-electron chi connectivity index (χ2n) is 16.1. The number of ether oxygens (including phenoxy) is 2. The number of hydrogen-bond acceptors (Lipinski definition) is 12. The lowest BCUT2D eigenvalue weighted by Crippen LogP contribution is -2.58. The van der Waals surface area contributed by atoms with Gasteiger partial charge in [-0.15, -0.1) is 0 Å². The van der Waals surface area contributed by atoms with E-state index in [2.05, 4.69) is 44.2 Å². The van der Waals surface area contributed by atoms with Crippen molar-refractivity contribution in [1.29, 1.82) is 0 Å². The predicted molar refractivity (Wildman–Crippen MR) is 221 cm³/mol. The number of nitrogens with zero attached hydrogens (tertiary/aromatic N) is 6. The van der Waals surface area contributed by atoms with E-state index in [1.165, 1.54) is 24.5 Å². The molecule has 14 nitrogen and oxygen atoms in total. The van der Waals surface area contributed by atoms with Crippen molar-refractivity contribution in [2.45, 2.75) is 64.1 Å². The number of imide groups is 2. The molecule has 4 amide bonds. The first-order chi connectivity index (χ1) is 28.9. The number of aromatic nitrogens is 2. The highest BCUT2D eigenvalue weighted by Crippen LogP contribution is 2.37. The number of carbonyl (C=O) groups excluding carboxylic acids is 4. The molecule has 0 aliphatic carbocycles. The van der Waals surface area contributed by atoms with E-state index in [1.54, 1.807) is 19.2 Å². The Balaban J connectivity index is 0.817. The summed E-state index contributed by atoms with van der Waals surface area (Å²) in [6.45, 7) is 9.65. The fraction of sp³-hybridized carbons (Fsp3) is 0.442. The maximum Gasteiger partial charge on any atom is 0.262 e. The van der Waals surface area contributed by atoms with E-state index >= 15 is 4.39 Å². The molecule has 3 aromatic carbocycles. The van der Waals surface area contributed by atoms with Crippen LogP contribution in [0.4, 0.5) is 26.0 Å². The zero-order valence-electron chi connectivity index (χ0n) is 33.7. The Hall–Kier alpha value is -5.45. The summed E-state index contributed by atoms with van der Waals surface area (Å²) in [6, 6.07) is 9.70. The Bertz CT molecular complexity index is 2330. The maximum absolute atomic E-state index is 15.7. The molecule has 5 heterocycles. The third-order valence-corrected chi connectivity index (χ3v) is 12.4. The molecule has 17 heteroatoms. The lowest BCUT2D eigenvalue weighted by Gasteiger charge is -2.47. The molecule has 4 aromatic rings. The molecule has 3 fully saturated rings. The first-order valence-corrected chi connectivity index (χ1v) is 20.7. The van der Waals surface area contributed by atoms with Gasteiger partial charge >= 0.3 is 0 Å². The van der Waals surface area contributed by atoms with Crippen molar-refractivity contribution in [2.24, 2.45) is 5.92 Å². The average Bonchev–Trinajstić information content (AvgIpc) is 3.46. The zero-order valence-corrected chi connectivity index (χ0v) is 34.4.